The SMILES string of the molecule is CCOC(=O)Cc1[nH]nc2c1[C@]1(C(=O)N(Cc3ccc(Cl)cc3)c3ccccc31)C(C#N)=C(N)O2. The molecule has 0 unspecified atom stereocenters. The number of H-pyrrole nitrogens is 1. The molecule has 0 bridgehead atoms. The Hall–Kier alpha value is -4.29. The molecule has 0 aliphatic carbocycles. The van der Waals surface area contributed by atoms with Gasteiger partial charge in [0.1, 0.15) is 17.1 Å². The second-order valence-electron chi connectivity index (χ2n) is 8.10. The number of hydrogen-bond acceptors (Lipinski definition) is 7. The molecular weight excluding hydrogens is 470 g/mol. The summed E-state index contributed by atoms with van der Waals surface area (Å²) in [4.78, 5) is 28.3. The van der Waals surface area contributed by atoms with Gasteiger partial charge in [-0.05, 0) is 30.7 Å². The standard InChI is InChI=1S/C25H20ClN5O4/c1-2-34-20(32)11-18-21-23(30-29-18)35-22(28)17(12-27)25(21)16-5-3-4-6-19(16)31(24(25)33)13-14-7-9-15(26)10-8-14/h3-10H,2,11,13,28H2,1H3,(H,29,30)/t25-/m1/s1. The number of carbonyl (C=O) groups is 2. The largest absolute Gasteiger partial charge is 0.466 e. The maximum absolute atomic E-state index is 14.4. The van der Waals surface area contributed by atoms with Crippen LogP contribution >= 0.6 is 11.6 Å². The summed E-state index contributed by atoms with van der Waals surface area (Å²) in [7, 11) is 0. The lowest BCUT2D eigenvalue weighted by Gasteiger charge is -2.32. The highest BCUT2D eigenvalue weighted by Gasteiger charge is 2.61. The summed E-state index contributed by atoms with van der Waals surface area (Å²) in [6, 6.07) is 16.4. The van der Waals surface area contributed by atoms with Crippen molar-refractivity contribution in [3.05, 3.63) is 87.4 Å². The molecule has 1 amide bonds. The van der Waals surface area contributed by atoms with Gasteiger partial charge in [-0.1, -0.05) is 41.9 Å². The molecule has 0 fully saturated rings. The number of nitriles is 1. The number of hydrogen-bond donors (Lipinski definition) is 2. The molecule has 10 heteroatoms. The molecule has 0 saturated heterocycles. The molecule has 2 aromatic carbocycles. The van der Waals surface area contributed by atoms with Gasteiger partial charge in [-0.15, -0.1) is 5.10 Å². The molecule has 2 aliphatic rings. The number of halogens is 1. The Morgan fingerprint density at radius 2 is 2.03 bits per heavy atom. The topological polar surface area (TPSA) is 134 Å². The Morgan fingerprint density at radius 3 is 2.74 bits per heavy atom. The van der Waals surface area contributed by atoms with Gasteiger partial charge in [0.15, 0.2) is 0 Å². The number of esters is 1. The smallest absolute Gasteiger partial charge is 0.311 e. The van der Waals surface area contributed by atoms with Gasteiger partial charge in [0.05, 0.1) is 30.8 Å². The lowest BCUT2D eigenvalue weighted by atomic mass is 9.68. The lowest BCUT2D eigenvalue weighted by molar-refractivity contribution is -0.142. The quantitative estimate of drug-likeness (QED) is 0.526. The van der Waals surface area contributed by atoms with Crippen LogP contribution < -0.4 is 15.4 Å². The average molecular weight is 490 g/mol. The van der Waals surface area contributed by atoms with E-state index in [1.165, 1.54) is 0 Å². The summed E-state index contributed by atoms with van der Waals surface area (Å²) in [5, 5.41) is 17.7. The number of aromatic amines is 1. The van der Waals surface area contributed by atoms with Crippen LogP contribution in [0, 0.1) is 11.3 Å². The van der Waals surface area contributed by atoms with Crippen molar-refractivity contribution in [3.63, 3.8) is 0 Å². The van der Waals surface area contributed by atoms with E-state index in [0.717, 1.165) is 5.56 Å². The summed E-state index contributed by atoms with van der Waals surface area (Å²) < 4.78 is 10.7. The van der Waals surface area contributed by atoms with Crippen LogP contribution in [0.15, 0.2) is 60.0 Å². The number of carbonyl (C=O) groups excluding carboxylic acids is 2. The maximum Gasteiger partial charge on any atom is 0.311 e. The van der Waals surface area contributed by atoms with Gasteiger partial charge in [-0.25, -0.2) is 0 Å². The highest BCUT2D eigenvalue weighted by Crippen LogP contribution is 2.56. The molecule has 1 atom stereocenters. The number of benzene rings is 2. The third-order valence-corrected chi connectivity index (χ3v) is 6.42. The van der Waals surface area contributed by atoms with E-state index in [0.29, 0.717) is 22.0 Å². The van der Waals surface area contributed by atoms with Gasteiger partial charge in [0, 0.05) is 16.3 Å². The molecule has 35 heavy (non-hydrogen) atoms. The predicted molar refractivity (Wildman–Crippen MR) is 126 cm³/mol. The van der Waals surface area contributed by atoms with Crippen molar-refractivity contribution in [1.82, 2.24) is 10.2 Å². The maximum atomic E-state index is 14.4. The van der Waals surface area contributed by atoms with E-state index >= 15 is 0 Å². The summed E-state index contributed by atoms with van der Waals surface area (Å²) in [6.45, 7) is 2.13. The first-order chi connectivity index (χ1) is 16.9. The molecule has 2 aliphatic heterocycles. The molecule has 3 N–H and O–H groups in total. The normalized spacial score (nSPS) is 18.2. The van der Waals surface area contributed by atoms with Crippen LogP contribution in [0.2, 0.25) is 5.02 Å². The minimum absolute atomic E-state index is 0.0392. The molecule has 3 aromatic rings. The Kier molecular flexibility index (Phi) is 5.46. The van der Waals surface area contributed by atoms with E-state index in [4.69, 9.17) is 26.8 Å². The van der Waals surface area contributed by atoms with E-state index in [2.05, 4.69) is 16.3 Å². The molecule has 3 heterocycles. The first kappa shape index (κ1) is 22.5. The van der Waals surface area contributed by atoms with Gasteiger partial charge < -0.3 is 20.1 Å². The number of nitrogens with one attached hydrogen (secondary N) is 1. The van der Waals surface area contributed by atoms with E-state index in [-0.39, 0.29) is 42.5 Å². The second kappa shape index (κ2) is 8.49. The number of amides is 1. The van der Waals surface area contributed by atoms with Gasteiger partial charge >= 0.3 is 5.97 Å². The molecule has 1 aromatic heterocycles. The summed E-state index contributed by atoms with van der Waals surface area (Å²) in [5.74, 6) is -1.08. The fraction of sp³-hybridized carbons (Fsp3) is 0.200. The average Bonchev–Trinajstić information content (AvgIpc) is 3.34. The monoisotopic (exact) mass is 489 g/mol. The zero-order chi connectivity index (χ0) is 24.7. The fourth-order valence-corrected chi connectivity index (χ4v) is 4.90. The Bertz CT molecular complexity index is 1420. The van der Waals surface area contributed by atoms with Gasteiger partial charge in [-0.3, -0.25) is 14.7 Å². The van der Waals surface area contributed by atoms with Crippen LogP contribution in [0.1, 0.15) is 29.3 Å². The second-order valence-corrected chi connectivity index (χ2v) is 8.54. The fourth-order valence-electron chi connectivity index (χ4n) is 4.77. The Balaban J connectivity index is 1.73. The van der Waals surface area contributed by atoms with Crippen molar-refractivity contribution in [3.8, 4) is 11.9 Å². The van der Waals surface area contributed by atoms with Gasteiger partial charge in [-0.2, -0.15) is 5.26 Å². The number of fused-ring (bicyclic) bond motifs is 4. The van der Waals surface area contributed by atoms with Crippen LogP contribution in [0.25, 0.3) is 0 Å². The number of rotatable bonds is 5. The van der Waals surface area contributed by atoms with Crippen molar-refractivity contribution in [1.29, 1.82) is 5.26 Å². The third-order valence-electron chi connectivity index (χ3n) is 6.17. The summed E-state index contributed by atoms with van der Waals surface area (Å²) in [5.41, 5.74) is 7.07. The van der Waals surface area contributed by atoms with E-state index in [1.807, 2.05) is 24.3 Å². The number of para-hydroxylation sites is 1. The number of nitrogens with zero attached hydrogens (tertiary/aromatic N) is 3. The third kappa shape index (κ3) is 3.33. The molecule has 1 spiro atoms. The van der Waals surface area contributed by atoms with Crippen molar-refractivity contribution in [2.75, 3.05) is 11.5 Å². The predicted octanol–water partition coefficient (Wildman–Crippen LogP) is 3.09. The first-order valence-electron chi connectivity index (χ1n) is 10.9. The van der Waals surface area contributed by atoms with E-state index in [1.54, 1.807) is 36.1 Å². The van der Waals surface area contributed by atoms with Crippen molar-refractivity contribution in [2.45, 2.75) is 25.3 Å². The molecule has 0 radical (unpaired) electrons. The Labute approximate surface area is 205 Å². The van der Waals surface area contributed by atoms with Crippen LogP contribution in [0.5, 0.6) is 5.88 Å². The van der Waals surface area contributed by atoms with Crippen molar-refractivity contribution >= 4 is 29.2 Å². The highest BCUT2D eigenvalue weighted by atomic mass is 35.5. The molecule has 5 rings (SSSR count). The number of ether oxygens (including phenoxy) is 2. The van der Waals surface area contributed by atoms with E-state index in [9.17, 15) is 14.9 Å². The van der Waals surface area contributed by atoms with Crippen LogP contribution in [0.4, 0.5) is 5.69 Å². The number of anilines is 1. The summed E-state index contributed by atoms with van der Waals surface area (Å²) in [6.07, 6.45) is -0.188. The lowest BCUT2D eigenvalue weighted by Crippen LogP contribution is -2.46. The zero-order valence-corrected chi connectivity index (χ0v) is 19.4. The number of nitrogens with two attached hydrogens (primary N) is 1. The molecular formula is C25H20ClN5O4. The minimum atomic E-state index is -1.63. The van der Waals surface area contributed by atoms with E-state index < -0.39 is 17.3 Å². The zero-order valence-electron chi connectivity index (χ0n) is 18.7. The Morgan fingerprint density at radius 1 is 1.29 bits per heavy atom. The molecule has 176 valence electrons. The van der Waals surface area contributed by atoms with Crippen LogP contribution in [0.3, 0.4) is 0 Å². The first-order valence-corrected chi connectivity index (χ1v) is 11.3. The van der Waals surface area contributed by atoms with Crippen LogP contribution in [-0.4, -0.2) is 28.7 Å². The van der Waals surface area contributed by atoms with Crippen LogP contribution in [-0.2, 0) is 32.7 Å². The van der Waals surface area contributed by atoms with Gasteiger partial charge in [0.25, 0.3) is 0 Å². The van der Waals surface area contributed by atoms with Gasteiger partial charge in [0.2, 0.25) is 17.7 Å². The van der Waals surface area contributed by atoms with Crippen molar-refractivity contribution < 1.29 is 19.1 Å². The summed E-state index contributed by atoms with van der Waals surface area (Å²) >= 11 is 6.04. The highest BCUT2D eigenvalue weighted by molar-refractivity contribution is 6.30. The molecule has 9 nitrogen and oxygen atoms in total. The number of aromatic nitrogens is 2. The molecule has 0 saturated carbocycles. The minimum Gasteiger partial charge on any atom is -0.466 e. The van der Waals surface area contributed by atoms with Crippen molar-refractivity contribution in [2.24, 2.45) is 5.73 Å².